The molecule has 0 fully saturated rings. The molecule has 3 rings (SSSR count). The number of hydrogen-bond donors (Lipinski definition) is 0. The van der Waals surface area contributed by atoms with E-state index in [9.17, 15) is 4.79 Å². The van der Waals surface area contributed by atoms with E-state index in [2.05, 4.69) is 5.10 Å². The SMILES string of the molecule is CCN(Cc1ccc(OCc2ccccc2)cc1)C(=O)/C=C/c1cnn(C)c1. The molecule has 2 aromatic carbocycles. The molecule has 0 N–H and O–H groups in total. The largest absolute Gasteiger partial charge is 0.489 e. The van der Waals surface area contributed by atoms with Gasteiger partial charge >= 0.3 is 0 Å². The number of hydrogen-bond acceptors (Lipinski definition) is 3. The van der Waals surface area contributed by atoms with E-state index >= 15 is 0 Å². The molecule has 28 heavy (non-hydrogen) atoms. The first-order valence-electron chi connectivity index (χ1n) is 9.35. The topological polar surface area (TPSA) is 47.4 Å². The normalized spacial score (nSPS) is 10.9. The average molecular weight is 375 g/mol. The summed E-state index contributed by atoms with van der Waals surface area (Å²) in [5, 5.41) is 4.10. The fraction of sp³-hybridized carbons (Fsp3) is 0.217. The Morgan fingerprint density at radius 3 is 2.50 bits per heavy atom. The molecule has 3 aromatic rings. The molecular formula is C23H25N3O2. The number of likely N-dealkylation sites (N-methyl/N-ethyl adjacent to an activating group) is 1. The number of ether oxygens (including phenoxy) is 1. The van der Waals surface area contributed by atoms with Crippen LogP contribution in [0.2, 0.25) is 0 Å². The molecule has 0 aliphatic rings. The van der Waals surface area contributed by atoms with Crippen molar-refractivity contribution in [3.8, 4) is 5.75 Å². The van der Waals surface area contributed by atoms with Gasteiger partial charge in [0.1, 0.15) is 12.4 Å². The number of nitrogens with zero attached hydrogens (tertiary/aromatic N) is 3. The van der Waals surface area contributed by atoms with Crippen molar-refractivity contribution in [2.75, 3.05) is 6.54 Å². The van der Waals surface area contributed by atoms with E-state index in [0.717, 1.165) is 22.4 Å². The molecule has 0 spiro atoms. The van der Waals surface area contributed by atoms with Gasteiger partial charge in [0.2, 0.25) is 5.91 Å². The van der Waals surface area contributed by atoms with Gasteiger partial charge in [0.25, 0.3) is 0 Å². The van der Waals surface area contributed by atoms with Crippen LogP contribution in [-0.2, 0) is 25.0 Å². The zero-order valence-corrected chi connectivity index (χ0v) is 16.3. The van der Waals surface area contributed by atoms with Crippen molar-refractivity contribution in [2.45, 2.75) is 20.1 Å². The van der Waals surface area contributed by atoms with Crippen molar-refractivity contribution in [3.63, 3.8) is 0 Å². The Morgan fingerprint density at radius 1 is 1.11 bits per heavy atom. The smallest absolute Gasteiger partial charge is 0.246 e. The molecular weight excluding hydrogens is 350 g/mol. The van der Waals surface area contributed by atoms with E-state index in [4.69, 9.17) is 4.74 Å². The van der Waals surface area contributed by atoms with Crippen molar-refractivity contribution in [1.82, 2.24) is 14.7 Å². The van der Waals surface area contributed by atoms with Gasteiger partial charge in [-0.15, -0.1) is 0 Å². The lowest BCUT2D eigenvalue weighted by Crippen LogP contribution is -2.28. The van der Waals surface area contributed by atoms with Gasteiger partial charge in [0.05, 0.1) is 6.20 Å². The van der Waals surface area contributed by atoms with Gasteiger partial charge in [0.15, 0.2) is 0 Å². The van der Waals surface area contributed by atoms with Crippen LogP contribution in [0.3, 0.4) is 0 Å². The zero-order valence-electron chi connectivity index (χ0n) is 16.3. The highest BCUT2D eigenvalue weighted by atomic mass is 16.5. The number of amides is 1. The molecule has 0 radical (unpaired) electrons. The Bertz CT molecular complexity index is 915. The number of carbonyl (C=O) groups is 1. The molecule has 5 nitrogen and oxygen atoms in total. The number of aryl methyl sites for hydroxylation is 1. The van der Waals surface area contributed by atoms with Crippen molar-refractivity contribution in [3.05, 3.63) is 89.8 Å². The summed E-state index contributed by atoms with van der Waals surface area (Å²) < 4.78 is 7.53. The number of carbonyl (C=O) groups excluding carboxylic acids is 1. The number of rotatable bonds is 8. The Hall–Kier alpha value is -3.34. The molecule has 0 atom stereocenters. The molecule has 0 aliphatic heterocycles. The van der Waals surface area contributed by atoms with Crippen LogP contribution in [0.1, 0.15) is 23.6 Å². The van der Waals surface area contributed by atoms with Crippen LogP contribution in [0.15, 0.2) is 73.1 Å². The maximum atomic E-state index is 12.5. The molecule has 1 heterocycles. The third kappa shape index (κ3) is 5.58. The van der Waals surface area contributed by atoms with Gasteiger partial charge < -0.3 is 9.64 Å². The van der Waals surface area contributed by atoms with Crippen molar-refractivity contribution < 1.29 is 9.53 Å². The van der Waals surface area contributed by atoms with E-state index in [0.29, 0.717) is 19.7 Å². The highest BCUT2D eigenvalue weighted by molar-refractivity contribution is 5.91. The minimum Gasteiger partial charge on any atom is -0.489 e. The lowest BCUT2D eigenvalue weighted by atomic mass is 10.2. The van der Waals surface area contributed by atoms with Crippen LogP contribution in [-0.4, -0.2) is 27.1 Å². The molecule has 0 saturated carbocycles. The minimum atomic E-state index is -0.0178. The van der Waals surface area contributed by atoms with Crippen LogP contribution in [0.25, 0.3) is 6.08 Å². The maximum absolute atomic E-state index is 12.5. The van der Waals surface area contributed by atoms with Crippen LogP contribution < -0.4 is 4.74 Å². The van der Waals surface area contributed by atoms with Gasteiger partial charge in [-0.2, -0.15) is 5.10 Å². The van der Waals surface area contributed by atoms with Gasteiger partial charge in [-0.25, -0.2) is 0 Å². The highest BCUT2D eigenvalue weighted by Gasteiger charge is 2.09. The van der Waals surface area contributed by atoms with Crippen molar-refractivity contribution in [2.24, 2.45) is 7.05 Å². The molecule has 0 aliphatic carbocycles. The van der Waals surface area contributed by atoms with E-state index in [-0.39, 0.29) is 5.91 Å². The van der Waals surface area contributed by atoms with Crippen LogP contribution in [0.4, 0.5) is 0 Å². The predicted octanol–water partition coefficient (Wildman–Crippen LogP) is 4.06. The standard InChI is InChI=1S/C23H25N3O2/c1-3-26(23(27)14-11-21-15-24-25(2)16-21)17-19-9-12-22(13-10-19)28-18-20-7-5-4-6-8-20/h4-16H,3,17-18H2,1-2H3/b14-11+. The summed E-state index contributed by atoms with van der Waals surface area (Å²) in [6.45, 7) is 3.72. The number of aromatic nitrogens is 2. The van der Waals surface area contributed by atoms with E-state index in [1.807, 2.05) is 74.8 Å². The minimum absolute atomic E-state index is 0.0178. The Labute approximate surface area is 165 Å². The summed E-state index contributed by atoms with van der Waals surface area (Å²) in [4.78, 5) is 14.3. The van der Waals surface area contributed by atoms with E-state index in [1.54, 1.807) is 27.9 Å². The number of benzene rings is 2. The second-order valence-electron chi connectivity index (χ2n) is 6.55. The highest BCUT2D eigenvalue weighted by Crippen LogP contribution is 2.16. The Kier molecular flexibility index (Phi) is 6.63. The van der Waals surface area contributed by atoms with Crippen LogP contribution in [0, 0.1) is 0 Å². The van der Waals surface area contributed by atoms with Gasteiger partial charge in [-0.3, -0.25) is 9.48 Å². The molecule has 0 saturated heterocycles. The summed E-state index contributed by atoms with van der Waals surface area (Å²) in [6.07, 6.45) is 6.98. The average Bonchev–Trinajstić information content (AvgIpc) is 3.15. The Balaban J connectivity index is 1.55. The first kappa shape index (κ1) is 19.4. The van der Waals surface area contributed by atoms with Gasteiger partial charge in [0, 0.05) is 38.0 Å². The van der Waals surface area contributed by atoms with Crippen molar-refractivity contribution in [1.29, 1.82) is 0 Å². The first-order chi connectivity index (χ1) is 13.6. The molecule has 144 valence electrons. The fourth-order valence-corrected chi connectivity index (χ4v) is 2.80. The fourth-order valence-electron chi connectivity index (χ4n) is 2.80. The summed E-state index contributed by atoms with van der Waals surface area (Å²) in [7, 11) is 1.85. The van der Waals surface area contributed by atoms with Gasteiger partial charge in [-0.1, -0.05) is 42.5 Å². The quantitative estimate of drug-likeness (QED) is 0.558. The zero-order chi connectivity index (χ0) is 19.8. The Morgan fingerprint density at radius 2 is 1.86 bits per heavy atom. The van der Waals surface area contributed by atoms with Gasteiger partial charge in [-0.05, 0) is 36.3 Å². The lowest BCUT2D eigenvalue weighted by molar-refractivity contribution is -0.126. The summed E-state index contributed by atoms with van der Waals surface area (Å²) in [6, 6.07) is 18.0. The summed E-state index contributed by atoms with van der Waals surface area (Å²) in [5.41, 5.74) is 3.11. The summed E-state index contributed by atoms with van der Waals surface area (Å²) in [5.74, 6) is 0.800. The monoisotopic (exact) mass is 375 g/mol. The summed E-state index contributed by atoms with van der Waals surface area (Å²) >= 11 is 0. The third-order valence-corrected chi connectivity index (χ3v) is 4.38. The molecule has 1 amide bonds. The molecule has 0 bridgehead atoms. The second-order valence-corrected chi connectivity index (χ2v) is 6.55. The second kappa shape index (κ2) is 9.55. The molecule has 5 heteroatoms. The van der Waals surface area contributed by atoms with E-state index in [1.165, 1.54) is 0 Å². The van der Waals surface area contributed by atoms with E-state index < -0.39 is 0 Å². The predicted molar refractivity (Wildman–Crippen MR) is 111 cm³/mol. The maximum Gasteiger partial charge on any atom is 0.246 e. The van der Waals surface area contributed by atoms with Crippen LogP contribution in [0.5, 0.6) is 5.75 Å². The third-order valence-electron chi connectivity index (χ3n) is 4.38. The van der Waals surface area contributed by atoms with Crippen molar-refractivity contribution >= 4 is 12.0 Å². The van der Waals surface area contributed by atoms with Crippen LogP contribution >= 0.6 is 0 Å². The first-order valence-corrected chi connectivity index (χ1v) is 9.35. The molecule has 1 aromatic heterocycles. The molecule has 0 unspecified atom stereocenters. The lowest BCUT2D eigenvalue weighted by Gasteiger charge is -2.19.